The lowest BCUT2D eigenvalue weighted by atomic mass is 9.99. The predicted octanol–water partition coefficient (Wildman–Crippen LogP) is 24.0. The van der Waals surface area contributed by atoms with Crippen molar-refractivity contribution in [1.29, 1.82) is 0 Å². The van der Waals surface area contributed by atoms with Crippen LogP contribution in [0.25, 0.3) is 0 Å². The molecule has 3 unspecified atom stereocenters. The van der Waals surface area contributed by atoms with E-state index in [1.54, 1.807) is 0 Å². The van der Waals surface area contributed by atoms with Crippen molar-refractivity contribution in [2.75, 3.05) is 39.6 Å². The van der Waals surface area contributed by atoms with E-state index in [2.05, 4.69) is 34.6 Å². The van der Waals surface area contributed by atoms with Gasteiger partial charge in [0.15, 0.2) is 12.2 Å². The minimum absolute atomic E-state index is 0.108. The third-order valence-corrected chi connectivity index (χ3v) is 21.0. The van der Waals surface area contributed by atoms with Crippen LogP contribution in [0, 0.1) is 5.92 Å². The quantitative estimate of drug-likeness (QED) is 0.0222. The minimum Gasteiger partial charge on any atom is -0.462 e. The summed E-state index contributed by atoms with van der Waals surface area (Å²) in [7, 11) is -9.92. The van der Waals surface area contributed by atoms with E-state index in [1.165, 1.54) is 250 Å². The maximum atomic E-state index is 13.1. The molecule has 0 spiro atoms. The highest BCUT2D eigenvalue weighted by Gasteiger charge is 2.30. The normalized spacial score (nSPS) is 14.1. The van der Waals surface area contributed by atoms with E-state index in [4.69, 9.17) is 37.0 Å². The summed E-state index contributed by atoms with van der Waals surface area (Å²) in [4.78, 5) is 73.0. The SMILES string of the molecule is CCCCCCCCCCCCCCCCCCCC(=O)OC[C@H](COP(=O)(O)OC[C@@H](O)COP(=O)(O)OC[C@@H](COC(=O)CCCCCCCCCCCCCC)OC(=O)CCCCCCCCCCCCCC)OC(=O)CCCCCCCCCCCCCCCCC(C)CC. The van der Waals surface area contributed by atoms with Gasteiger partial charge in [0.25, 0.3) is 0 Å². The molecule has 99 heavy (non-hydrogen) atoms. The van der Waals surface area contributed by atoms with Gasteiger partial charge >= 0.3 is 39.5 Å². The second-order valence-electron chi connectivity index (χ2n) is 29.1. The number of esters is 4. The predicted molar refractivity (Wildman–Crippen MR) is 405 cm³/mol. The van der Waals surface area contributed by atoms with Crippen molar-refractivity contribution in [3.8, 4) is 0 Å². The molecule has 0 amide bonds. The summed E-state index contributed by atoms with van der Waals surface area (Å²) < 4.78 is 68.7. The maximum Gasteiger partial charge on any atom is 0.472 e. The molecule has 0 aliphatic rings. The van der Waals surface area contributed by atoms with Gasteiger partial charge in [-0.25, -0.2) is 9.13 Å². The van der Waals surface area contributed by atoms with Crippen LogP contribution in [0.1, 0.15) is 426 Å². The number of rotatable bonds is 80. The number of hydrogen-bond donors (Lipinski definition) is 3. The van der Waals surface area contributed by atoms with E-state index in [0.717, 1.165) is 95.8 Å². The molecule has 19 heteroatoms. The van der Waals surface area contributed by atoms with Crippen LogP contribution in [0.15, 0.2) is 0 Å². The lowest BCUT2D eigenvalue weighted by molar-refractivity contribution is -0.161. The Kier molecular flexibility index (Phi) is 71.6. The van der Waals surface area contributed by atoms with Crippen molar-refractivity contribution in [3.63, 3.8) is 0 Å². The average Bonchev–Trinajstić information content (AvgIpc) is 1.11. The summed E-state index contributed by atoms with van der Waals surface area (Å²) >= 11 is 0. The molecule has 0 fully saturated rings. The van der Waals surface area contributed by atoms with Crippen LogP contribution in [0.3, 0.4) is 0 Å². The summed E-state index contributed by atoms with van der Waals surface area (Å²) in [6.07, 6.45) is 63.6. The first-order valence-corrected chi connectivity index (χ1v) is 44.7. The molecule has 0 aromatic carbocycles. The Balaban J connectivity index is 5.25. The molecule has 0 aliphatic heterocycles. The Hall–Kier alpha value is -1.94. The van der Waals surface area contributed by atoms with Crippen molar-refractivity contribution in [2.24, 2.45) is 5.92 Å². The molecule has 0 heterocycles. The fourth-order valence-electron chi connectivity index (χ4n) is 12.4. The lowest BCUT2D eigenvalue weighted by Gasteiger charge is -2.21. The lowest BCUT2D eigenvalue weighted by Crippen LogP contribution is -2.30. The zero-order valence-corrected chi connectivity index (χ0v) is 66.4. The van der Waals surface area contributed by atoms with Gasteiger partial charge in [-0.1, -0.05) is 375 Å². The van der Waals surface area contributed by atoms with Crippen LogP contribution in [-0.4, -0.2) is 96.7 Å². The molecular weight excluding hydrogens is 1290 g/mol. The summed E-state index contributed by atoms with van der Waals surface area (Å²) in [6, 6.07) is 0. The van der Waals surface area contributed by atoms with Gasteiger partial charge in [-0.15, -0.1) is 0 Å². The molecule has 0 aliphatic carbocycles. The number of ether oxygens (including phenoxy) is 4. The van der Waals surface area contributed by atoms with Gasteiger partial charge in [-0.2, -0.15) is 0 Å². The van der Waals surface area contributed by atoms with E-state index in [9.17, 15) is 43.2 Å². The van der Waals surface area contributed by atoms with Gasteiger partial charge in [-0.3, -0.25) is 37.3 Å². The zero-order valence-electron chi connectivity index (χ0n) is 64.6. The van der Waals surface area contributed by atoms with Crippen molar-refractivity contribution < 1.29 is 80.2 Å². The molecule has 0 rings (SSSR count). The van der Waals surface area contributed by atoms with Crippen LogP contribution in [0.5, 0.6) is 0 Å². The maximum absolute atomic E-state index is 13.1. The number of carbonyl (C=O) groups is 4. The average molecular weight is 1450 g/mol. The number of unbranched alkanes of at least 4 members (excludes halogenated alkanes) is 51. The third-order valence-electron chi connectivity index (χ3n) is 19.1. The van der Waals surface area contributed by atoms with Crippen molar-refractivity contribution in [3.05, 3.63) is 0 Å². The highest BCUT2D eigenvalue weighted by atomic mass is 31.2. The van der Waals surface area contributed by atoms with E-state index in [0.29, 0.717) is 25.7 Å². The molecule has 0 bridgehead atoms. The van der Waals surface area contributed by atoms with Gasteiger partial charge in [0.1, 0.15) is 19.3 Å². The highest BCUT2D eigenvalue weighted by Crippen LogP contribution is 2.45. The smallest absolute Gasteiger partial charge is 0.462 e. The Morgan fingerprint density at radius 3 is 0.717 bits per heavy atom. The minimum atomic E-state index is -4.96. The van der Waals surface area contributed by atoms with Gasteiger partial charge < -0.3 is 33.8 Å². The van der Waals surface area contributed by atoms with E-state index in [1.807, 2.05) is 0 Å². The molecule has 0 aromatic rings. The van der Waals surface area contributed by atoms with Crippen LogP contribution in [0.4, 0.5) is 0 Å². The number of carbonyl (C=O) groups excluding carboxylic acids is 4. The van der Waals surface area contributed by atoms with Crippen LogP contribution in [0.2, 0.25) is 0 Å². The third kappa shape index (κ3) is 72.8. The van der Waals surface area contributed by atoms with Gasteiger partial charge in [-0.05, 0) is 31.6 Å². The number of phosphoric ester groups is 2. The first kappa shape index (κ1) is 97.1. The van der Waals surface area contributed by atoms with E-state index >= 15 is 0 Å². The fraction of sp³-hybridized carbons (Fsp3) is 0.950. The standard InChI is InChI=1S/C80H156O17P2/c1-6-10-13-16-19-22-25-28-29-30-31-35-40-44-49-54-59-64-78(83)91-70-76(97-80(85)66-61-56-51-46-41-36-33-32-34-37-42-47-52-57-62-73(5)9-4)72-95-99(88,89)93-68-74(81)67-92-98(86,87)94-71-75(96-79(84)65-60-55-50-45-39-27-24-21-18-15-12-8-3)69-90-77(82)63-58-53-48-43-38-26-23-20-17-14-11-7-2/h73-76,81H,6-72H2,1-5H3,(H,86,87)(H,88,89)/t73?,74-,75+,76+/m0/s1. The van der Waals surface area contributed by atoms with Crippen molar-refractivity contribution in [1.82, 2.24) is 0 Å². The summed E-state index contributed by atoms with van der Waals surface area (Å²) in [5.74, 6) is -1.26. The molecule has 0 saturated carbocycles. The van der Waals surface area contributed by atoms with Gasteiger partial charge in [0, 0.05) is 25.7 Å². The number of aliphatic hydroxyl groups excluding tert-OH is 1. The van der Waals surface area contributed by atoms with Gasteiger partial charge in [0.2, 0.25) is 0 Å². The molecule has 3 N–H and O–H groups in total. The molecule has 6 atom stereocenters. The van der Waals surface area contributed by atoms with Crippen molar-refractivity contribution in [2.45, 2.75) is 445 Å². The van der Waals surface area contributed by atoms with Crippen molar-refractivity contribution >= 4 is 39.5 Å². The second-order valence-corrected chi connectivity index (χ2v) is 32.0. The van der Waals surface area contributed by atoms with E-state index < -0.39 is 97.5 Å². The fourth-order valence-corrected chi connectivity index (χ4v) is 14.0. The molecule has 17 nitrogen and oxygen atoms in total. The number of phosphoric acid groups is 2. The number of hydrogen-bond acceptors (Lipinski definition) is 15. The summed E-state index contributed by atoms with van der Waals surface area (Å²) in [6.45, 7) is 7.38. The van der Waals surface area contributed by atoms with E-state index in [-0.39, 0.29) is 25.7 Å². The molecule has 0 aromatic heterocycles. The van der Waals surface area contributed by atoms with Crippen LogP contribution < -0.4 is 0 Å². The largest absolute Gasteiger partial charge is 0.472 e. The number of aliphatic hydroxyl groups is 1. The Bertz CT molecular complexity index is 1890. The Labute approximate surface area is 607 Å². The summed E-state index contributed by atoms with van der Waals surface area (Å²) in [5, 5.41) is 10.6. The van der Waals surface area contributed by atoms with Gasteiger partial charge in [0.05, 0.1) is 26.4 Å². The van der Waals surface area contributed by atoms with Crippen LogP contribution in [-0.2, 0) is 65.4 Å². The molecule has 0 saturated heterocycles. The molecule has 0 radical (unpaired) electrons. The molecular formula is C80H156O17P2. The Morgan fingerprint density at radius 2 is 0.485 bits per heavy atom. The second kappa shape index (κ2) is 73.0. The first-order chi connectivity index (χ1) is 48.1. The summed E-state index contributed by atoms with van der Waals surface area (Å²) in [5.41, 5.74) is 0. The topological polar surface area (TPSA) is 237 Å². The highest BCUT2D eigenvalue weighted by molar-refractivity contribution is 7.47. The zero-order chi connectivity index (χ0) is 72.7. The first-order valence-electron chi connectivity index (χ1n) is 41.7. The molecule has 588 valence electrons. The van der Waals surface area contributed by atoms with Crippen LogP contribution >= 0.6 is 15.6 Å². The Morgan fingerprint density at radius 1 is 0.283 bits per heavy atom. The monoisotopic (exact) mass is 1450 g/mol.